The average molecular weight is 291 g/mol. The minimum atomic E-state index is -0.380. The van der Waals surface area contributed by atoms with Crippen LogP contribution in [0.4, 0.5) is 5.69 Å². The molecule has 5 nitrogen and oxygen atoms in total. The van der Waals surface area contributed by atoms with Crippen LogP contribution in [-0.2, 0) is 6.42 Å². The van der Waals surface area contributed by atoms with Crippen molar-refractivity contribution in [2.45, 2.75) is 26.3 Å². The SMILES string of the molecule is CCNC(Cc1ccc([N+](=O)[O-])cc1)c1csc(C)n1. The topological polar surface area (TPSA) is 68.1 Å². The predicted molar refractivity (Wildman–Crippen MR) is 80.1 cm³/mol. The Labute approximate surface area is 121 Å². The number of rotatable bonds is 6. The lowest BCUT2D eigenvalue weighted by atomic mass is 10.0. The van der Waals surface area contributed by atoms with Crippen LogP contribution in [0.2, 0.25) is 0 Å². The molecule has 0 spiro atoms. The van der Waals surface area contributed by atoms with Crippen LogP contribution in [0.1, 0.15) is 29.2 Å². The summed E-state index contributed by atoms with van der Waals surface area (Å²) in [5.41, 5.74) is 2.22. The molecule has 0 aliphatic rings. The molecule has 0 fully saturated rings. The van der Waals surface area contributed by atoms with Gasteiger partial charge in [-0.2, -0.15) is 0 Å². The maximum Gasteiger partial charge on any atom is 0.269 e. The molecule has 0 radical (unpaired) electrons. The zero-order valence-corrected chi connectivity index (χ0v) is 12.3. The van der Waals surface area contributed by atoms with Crippen molar-refractivity contribution < 1.29 is 4.92 Å². The third kappa shape index (κ3) is 3.61. The number of hydrogen-bond donors (Lipinski definition) is 1. The van der Waals surface area contributed by atoms with E-state index in [9.17, 15) is 10.1 Å². The first-order valence-electron chi connectivity index (χ1n) is 6.49. The Balaban J connectivity index is 2.13. The number of likely N-dealkylation sites (N-methyl/N-ethyl adjacent to an activating group) is 1. The predicted octanol–water partition coefficient (Wildman–Crippen LogP) is 3.25. The lowest BCUT2D eigenvalue weighted by Gasteiger charge is -2.15. The number of aromatic nitrogens is 1. The molecular formula is C14H17N3O2S. The van der Waals surface area contributed by atoms with Gasteiger partial charge in [0.05, 0.1) is 21.7 Å². The fourth-order valence-electron chi connectivity index (χ4n) is 2.06. The highest BCUT2D eigenvalue weighted by molar-refractivity contribution is 7.09. The van der Waals surface area contributed by atoms with Crippen molar-refractivity contribution >= 4 is 17.0 Å². The van der Waals surface area contributed by atoms with Gasteiger partial charge in [0.25, 0.3) is 5.69 Å². The van der Waals surface area contributed by atoms with Gasteiger partial charge in [0.1, 0.15) is 0 Å². The van der Waals surface area contributed by atoms with E-state index in [2.05, 4.69) is 22.6 Å². The summed E-state index contributed by atoms with van der Waals surface area (Å²) in [6.45, 7) is 4.90. The summed E-state index contributed by atoms with van der Waals surface area (Å²) >= 11 is 1.64. The van der Waals surface area contributed by atoms with Gasteiger partial charge in [-0.3, -0.25) is 10.1 Å². The molecule has 1 unspecified atom stereocenters. The highest BCUT2D eigenvalue weighted by atomic mass is 32.1. The molecule has 2 aromatic rings. The highest BCUT2D eigenvalue weighted by Crippen LogP contribution is 2.21. The Morgan fingerprint density at radius 3 is 2.60 bits per heavy atom. The van der Waals surface area contributed by atoms with Gasteiger partial charge in [-0.05, 0) is 25.5 Å². The van der Waals surface area contributed by atoms with Crippen molar-refractivity contribution in [3.8, 4) is 0 Å². The van der Waals surface area contributed by atoms with E-state index in [1.54, 1.807) is 23.5 Å². The van der Waals surface area contributed by atoms with Crippen molar-refractivity contribution in [1.29, 1.82) is 0 Å². The standard InChI is InChI=1S/C14H17N3O2S/c1-3-15-13(14-9-20-10(2)16-14)8-11-4-6-12(7-5-11)17(18)19/h4-7,9,13,15H,3,8H2,1-2H3. The molecule has 0 bridgehead atoms. The molecule has 6 heteroatoms. The lowest BCUT2D eigenvalue weighted by Crippen LogP contribution is -2.23. The maximum atomic E-state index is 10.6. The monoisotopic (exact) mass is 291 g/mol. The van der Waals surface area contributed by atoms with Crippen LogP contribution in [-0.4, -0.2) is 16.5 Å². The molecule has 0 aliphatic heterocycles. The Bertz CT molecular complexity index is 580. The third-order valence-electron chi connectivity index (χ3n) is 3.03. The summed E-state index contributed by atoms with van der Waals surface area (Å²) in [5, 5.41) is 17.2. The first-order chi connectivity index (χ1) is 9.60. The number of nitro groups is 1. The van der Waals surface area contributed by atoms with E-state index in [1.807, 2.05) is 19.1 Å². The van der Waals surface area contributed by atoms with Gasteiger partial charge in [0.2, 0.25) is 0 Å². The van der Waals surface area contributed by atoms with Gasteiger partial charge in [0.15, 0.2) is 0 Å². The van der Waals surface area contributed by atoms with E-state index in [0.717, 1.165) is 29.2 Å². The zero-order valence-electron chi connectivity index (χ0n) is 11.5. The van der Waals surface area contributed by atoms with E-state index >= 15 is 0 Å². The smallest absolute Gasteiger partial charge is 0.269 e. The number of thiazole rings is 1. The number of nitro benzene ring substituents is 1. The summed E-state index contributed by atoms with van der Waals surface area (Å²) in [6.07, 6.45) is 0.773. The summed E-state index contributed by atoms with van der Waals surface area (Å²) in [4.78, 5) is 14.8. The molecule has 1 N–H and O–H groups in total. The van der Waals surface area contributed by atoms with Crippen LogP contribution >= 0.6 is 11.3 Å². The lowest BCUT2D eigenvalue weighted by molar-refractivity contribution is -0.384. The summed E-state index contributed by atoms with van der Waals surface area (Å²) in [5.74, 6) is 0. The van der Waals surface area contributed by atoms with Crippen LogP contribution in [0.25, 0.3) is 0 Å². The molecule has 1 atom stereocenters. The highest BCUT2D eigenvalue weighted by Gasteiger charge is 2.14. The number of aryl methyl sites for hydroxylation is 1. The first-order valence-corrected chi connectivity index (χ1v) is 7.37. The van der Waals surface area contributed by atoms with Crippen LogP contribution < -0.4 is 5.32 Å². The largest absolute Gasteiger partial charge is 0.309 e. The fourth-order valence-corrected chi connectivity index (χ4v) is 2.72. The van der Waals surface area contributed by atoms with Crippen molar-refractivity contribution in [3.05, 3.63) is 56.0 Å². The molecule has 106 valence electrons. The molecule has 1 aromatic carbocycles. The van der Waals surface area contributed by atoms with E-state index in [0.29, 0.717) is 0 Å². The maximum absolute atomic E-state index is 10.6. The van der Waals surface area contributed by atoms with Crippen molar-refractivity contribution in [3.63, 3.8) is 0 Å². The van der Waals surface area contributed by atoms with Crippen molar-refractivity contribution in [2.24, 2.45) is 0 Å². The van der Waals surface area contributed by atoms with Gasteiger partial charge in [-0.15, -0.1) is 11.3 Å². The Hall–Kier alpha value is -1.79. The molecule has 0 saturated carbocycles. The molecule has 0 aliphatic carbocycles. The Morgan fingerprint density at radius 1 is 1.40 bits per heavy atom. The van der Waals surface area contributed by atoms with Gasteiger partial charge >= 0.3 is 0 Å². The number of non-ortho nitro benzene ring substituents is 1. The van der Waals surface area contributed by atoms with E-state index in [1.165, 1.54) is 0 Å². The quantitative estimate of drug-likeness (QED) is 0.655. The Kier molecular flexibility index (Phi) is 4.81. The second-order valence-corrected chi connectivity index (χ2v) is 5.59. The van der Waals surface area contributed by atoms with Gasteiger partial charge < -0.3 is 5.32 Å². The van der Waals surface area contributed by atoms with Crippen LogP contribution in [0.3, 0.4) is 0 Å². The molecule has 1 heterocycles. The van der Waals surface area contributed by atoms with Gasteiger partial charge in [-0.25, -0.2) is 4.98 Å². The van der Waals surface area contributed by atoms with E-state index < -0.39 is 0 Å². The van der Waals surface area contributed by atoms with Crippen LogP contribution in [0, 0.1) is 17.0 Å². The molecule has 1 aromatic heterocycles. The average Bonchev–Trinajstić information content (AvgIpc) is 2.85. The number of benzene rings is 1. The van der Waals surface area contributed by atoms with Crippen LogP contribution in [0.5, 0.6) is 0 Å². The molecule has 0 amide bonds. The second kappa shape index (κ2) is 6.58. The first kappa shape index (κ1) is 14.6. The van der Waals surface area contributed by atoms with E-state index in [4.69, 9.17) is 0 Å². The number of nitrogens with zero attached hydrogens (tertiary/aromatic N) is 2. The molecular weight excluding hydrogens is 274 g/mol. The van der Waals surface area contributed by atoms with Crippen LogP contribution in [0.15, 0.2) is 29.6 Å². The van der Waals surface area contributed by atoms with Crippen molar-refractivity contribution in [1.82, 2.24) is 10.3 Å². The normalized spacial score (nSPS) is 12.3. The summed E-state index contributed by atoms with van der Waals surface area (Å²) < 4.78 is 0. The van der Waals surface area contributed by atoms with Gasteiger partial charge in [0, 0.05) is 17.5 Å². The second-order valence-electron chi connectivity index (χ2n) is 4.53. The zero-order chi connectivity index (χ0) is 14.5. The molecule has 2 rings (SSSR count). The summed E-state index contributed by atoms with van der Waals surface area (Å²) in [6, 6.07) is 6.85. The van der Waals surface area contributed by atoms with Crippen molar-refractivity contribution in [2.75, 3.05) is 6.54 Å². The minimum absolute atomic E-state index is 0.123. The molecule has 20 heavy (non-hydrogen) atoms. The van der Waals surface area contributed by atoms with E-state index in [-0.39, 0.29) is 16.7 Å². The summed E-state index contributed by atoms with van der Waals surface area (Å²) in [7, 11) is 0. The number of hydrogen-bond acceptors (Lipinski definition) is 5. The minimum Gasteiger partial charge on any atom is -0.309 e. The number of nitrogens with one attached hydrogen (secondary N) is 1. The van der Waals surface area contributed by atoms with Gasteiger partial charge in [-0.1, -0.05) is 19.1 Å². The third-order valence-corrected chi connectivity index (χ3v) is 3.82. The Morgan fingerprint density at radius 2 is 2.10 bits per heavy atom. The molecule has 0 saturated heterocycles. The fraction of sp³-hybridized carbons (Fsp3) is 0.357.